The van der Waals surface area contributed by atoms with E-state index in [9.17, 15) is 4.39 Å². The fraction of sp³-hybridized carbons (Fsp3) is 0.0870. The average molecular weight is 372 g/mol. The first-order valence-corrected chi connectivity index (χ1v) is 9.00. The van der Waals surface area contributed by atoms with E-state index in [2.05, 4.69) is 11.4 Å². The molecule has 0 bridgehead atoms. The summed E-state index contributed by atoms with van der Waals surface area (Å²) in [6, 6.07) is 22.1. The Hall–Kier alpha value is -3.60. The molecule has 0 amide bonds. The summed E-state index contributed by atoms with van der Waals surface area (Å²) < 4.78 is 13.7. The second-order valence-electron chi connectivity index (χ2n) is 6.91. The van der Waals surface area contributed by atoms with E-state index in [1.165, 1.54) is 12.1 Å². The van der Waals surface area contributed by atoms with Gasteiger partial charge in [-0.2, -0.15) is 0 Å². The largest absolute Gasteiger partial charge is 0.399 e. The van der Waals surface area contributed by atoms with Crippen molar-refractivity contribution < 1.29 is 4.39 Å². The van der Waals surface area contributed by atoms with E-state index in [0.29, 0.717) is 5.69 Å². The molecule has 0 unspecified atom stereocenters. The molecule has 1 aromatic heterocycles. The van der Waals surface area contributed by atoms with Gasteiger partial charge in [0.15, 0.2) is 0 Å². The number of aromatic nitrogens is 1. The minimum absolute atomic E-state index is 0.271. The first kappa shape index (κ1) is 17.8. The van der Waals surface area contributed by atoms with Crippen molar-refractivity contribution in [2.75, 3.05) is 30.0 Å². The van der Waals surface area contributed by atoms with Gasteiger partial charge in [-0.15, -0.1) is 0 Å². The summed E-state index contributed by atoms with van der Waals surface area (Å²) in [6.45, 7) is 0. The van der Waals surface area contributed by atoms with E-state index < -0.39 is 0 Å². The van der Waals surface area contributed by atoms with Crippen molar-refractivity contribution in [2.24, 2.45) is 0 Å². The Labute approximate surface area is 163 Å². The van der Waals surface area contributed by atoms with Crippen molar-refractivity contribution in [3.05, 3.63) is 78.6 Å². The average Bonchev–Trinajstić information content (AvgIpc) is 2.67. The molecule has 140 valence electrons. The Bertz CT molecular complexity index is 1150. The molecule has 0 radical (unpaired) electrons. The summed E-state index contributed by atoms with van der Waals surface area (Å²) in [4.78, 5) is 6.79. The predicted molar refractivity (Wildman–Crippen MR) is 116 cm³/mol. The lowest BCUT2D eigenvalue weighted by Gasteiger charge is -2.18. The van der Waals surface area contributed by atoms with Gasteiger partial charge in [-0.1, -0.05) is 18.2 Å². The SMILES string of the molecule is CN(C)c1cc(-c2cccc(F)c2)nc2ccc(Nc3cccc(N)c3)cc12. The molecule has 0 aliphatic carbocycles. The number of hydrogen-bond donors (Lipinski definition) is 2. The maximum atomic E-state index is 13.7. The van der Waals surface area contributed by atoms with Crippen LogP contribution in [0, 0.1) is 5.82 Å². The Balaban J connectivity index is 1.80. The number of anilines is 4. The topological polar surface area (TPSA) is 54.2 Å². The van der Waals surface area contributed by atoms with Crippen molar-refractivity contribution in [2.45, 2.75) is 0 Å². The number of nitrogens with zero attached hydrogens (tertiary/aromatic N) is 2. The molecule has 28 heavy (non-hydrogen) atoms. The predicted octanol–water partition coefficient (Wildman–Crippen LogP) is 5.43. The van der Waals surface area contributed by atoms with Gasteiger partial charge in [-0.25, -0.2) is 9.37 Å². The molecule has 4 aromatic rings. The highest BCUT2D eigenvalue weighted by Gasteiger charge is 2.11. The van der Waals surface area contributed by atoms with Crippen LogP contribution < -0.4 is 16.0 Å². The van der Waals surface area contributed by atoms with Gasteiger partial charge in [0.05, 0.1) is 11.2 Å². The molecule has 0 saturated heterocycles. The van der Waals surface area contributed by atoms with Crippen molar-refractivity contribution in [3.8, 4) is 11.3 Å². The van der Waals surface area contributed by atoms with Crippen LogP contribution in [-0.2, 0) is 0 Å². The highest BCUT2D eigenvalue weighted by molar-refractivity contribution is 5.96. The molecule has 0 spiro atoms. The third-order valence-corrected chi connectivity index (χ3v) is 4.56. The third kappa shape index (κ3) is 3.60. The summed E-state index contributed by atoms with van der Waals surface area (Å²) >= 11 is 0. The van der Waals surface area contributed by atoms with Crippen LogP contribution in [0.2, 0.25) is 0 Å². The van der Waals surface area contributed by atoms with Gasteiger partial charge in [0.2, 0.25) is 0 Å². The van der Waals surface area contributed by atoms with Gasteiger partial charge in [0.1, 0.15) is 5.82 Å². The Morgan fingerprint density at radius 3 is 2.43 bits per heavy atom. The van der Waals surface area contributed by atoms with Crippen molar-refractivity contribution >= 4 is 33.7 Å². The van der Waals surface area contributed by atoms with E-state index >= 15 is 0 Å². The minimum Gasteiger partial charge on any atom is -0.399 e. The molecular weight excluding hydrogens is 351 g/mol. The number of nitrogens with one attached hydrogen (secondary N) is 1. The van der Waals surface area contributed by atoms with E-state index in [-0.39, 0.29) is 5.82 Å². The maximum absolute atomic E-state index is 13.7. The number of nitrogens with two attached hydrogens (primary N) is 1. The van der Waals surface area contributed by atoms with Crippen LogP contribution in [0.4, 0.5) is 27.1 Å². The number of rotatable bonds is 4. The molecule has 0 fully saturated rings. The van der Waals surface area contributed by atoms with Crippen LogP contribution in [0.3, 0.4) is 0 Å². The lowest BCUT2D eigenvalue weighted by molar-refractivity contribution is 0.628. The van der Waals surface area contributed by atoms with Crippen LogP contribution in [0.15, 0.2) is 72.8 Å². The Morgan fingerprint density at radius 2 is 1.68 bits per heavy atom. The van der Waals surface area contributed by atoms with E-state index in [1.807, 2.05) is 67.5 Å². The highest BCUT2D eigenvalue weighted by atomic mass is 19.1. The van der Waals surface area contributed by atoms with Gasteiger partial charge in [-0.05, 0) is 54.6 Å². The zero-order valence-corrected chi connectivity index (χ0v) is 15.8. The summed E-state index contributed by atoms with van der Waals surface area (Å²) in [7, 11) is 3.98. The van der Waals surface area contributed by atoms with Crippen LogP contribution in [0.5, 0.6) is 0 Å². The molecule has 3 N–H and O–H groups in total. The first-order valence-electron chi connectivity index (χ1n) is 9.00. The first-order chi connectivity index (χ1) is 13.5. The summed E-state index contributed by atoms with van der Waals surface area (Å²) in [6.07, 6.45) is 0. The second kappa shape index (κ2) is 7.19. The number of halogens is 1. The summed E-state index contributed by atoms with van der Waals surface area (Å²) in [5, 5.41) is 4.39. The molecule has 1 heterocycles. The Kier molecular flexibility index (Phi) is 4.57. The van der Waals surface area contributed by atoms with Crippen LogP contribution >= 0.6 is 0 Å². The van der Waals surface area contributed by atoms with Gasteiger partial charge in [0, 0.05) is 47.8 Å². The van der Waals surface area contributed by atoms with E-state index in [4.69, 9.17) is 10.7 Å². The van der Waals surface area contributed by atoms with E-state index in [0.717, 1.165) is 39.2 Å². The smallest absolute Gasteiger partial charge is 0.123 e. The van der Waals surface area contributed by atoms with Crippen LogP contribution in [0.25, 0.3) is 22.2 Å². The van der Waals surface area contributed by atoms with Crippen LogP contribution in [-0.4, -0.2) is 19.1 Å². The standard InChI is InChI=1S/C23H21FN4/c1-28(2)23-14-22(15-5-3-6-16(24)11-15)27-21-10-9-19(13-20(21)23)26-18-8-4-7-17(25)12-18/h3-14,26H,25H2,1-2H3. The molecule has 0 saturated carbocycles. The molecule has 4 nitrogen and oxygen atoms in total. The number of pyridine rings is 1. The zero-order chi connectivity index (χ0) is 19.7. The number of hydrogen-bond acceptors (Lipinski definition) is 4. The molecule has 0 aliphatic heterocycles. The van der Waals surface area contributed by atoms with Crippen molar-refractivity contribution in [1.82, 2.24) is 4.98 Å². The summed E-state index contributed by atoms with van der Waals surface area (Å²) in [5.74, 6) is -0.271. The van der Waals surface area contributed by atoms with Gasteiger partial charge in [0.25, 0.3) is 0 Å². The molecule has 0 aliphatic rings. The number of nitrogen functional groups attached to an aromatic ring is 1. The lowest BCUT2D eigenvalue weighted by atomic mass is 10.1. The summed E-state index contributed by atoms with van der Waals surface area (Å²) in [5.41, 5.74) is 11.8. The van der Waals surface area contributed by atoms with E-state index in [1.54, 1.807) is 6.07 Å². The number of benzene rings is 3. The van der Waals surface area contributed by atoms with Gasteiger partial charge in [-0.3, -0.25) is 0 Å². The maximum Gasteiger partial charge on any atom is 0.123 e. The van der Waals surface area contributed by atoms with Gasteiger partial charge >= 0.3 is 0 Å². The molecule has 0 atom stereocenters. The molecular formula is C23H21FN4. The molecule has 4 rings (SSSR count). The molecule has 3 aromatic carbocycles. The normalized spacial score (nSPS) is 10.8. The molecule has 5 heteroatoms. The number of fused-ring (bicyclic) bond motifs is 1. The minimum atomic E-state index is -0.271. The van der Waals surface area contributed by atoms with Crippen LogP contribution in [0.1, 0.15) is 0 Å². The lowest BCUT2D eigenvalue weighted by Crippen LogP contribution is -2.10. The third-order valence-electron chi connectivity index (χ3n) is 4.56. The van der Waals surface area contributed by atoms with Crippen molar-refractivity contribution in [3.63, 3.8) is 0 Å². The van der Waals surface area contributed by atoms with Gasteiger partial charge < -0.3 is 16.0 Å². The highest BCUT2D eigenvalue weighted by Crippen LogP contribution is 2.32. The fourth-order valence-corrected chi connectivity index (χ4v) is 3.23. The fourth-order valence-electron chi connectivity index (χ4n) is 3.23. The second-order valence-corrected chi connectivity index (χ2v) is 6.91. The zero-order valence-electron chi connectivity index (χ0n) is 15.8. The monoisotopic (exact) mass is 372 g/mol. The quantitative estimate of drug-likeness (QED) is 0.469. The Morgan fingerprint density at radius 1 is 0.893 bits per heavy atom. The van der Waals surface area contributed by atoms with Crippen molar-refractivity contribution in [1.29, 1.82) is 0 Å².